The molecule has 0 aromatic carbocycles. The molecule has 0 spiro atoms. The smallest absolute Gasteiger partial charge is 0.0214 e. The highest BCUT2D eigenvalue weighted by Gasteiger charge is 2.23. The summed E-state index contributed by atoms with van der Waals surface area (Å²) in [5.41, 5.74) is 0.569. The molecule has 1 fully saturated rings. The van der Waals surface area contributed by atoms with Crippen LogP contribution in [-0.2, 0) is 0 Å². The maximum absolute atomic E-state index is 3.63. The van der Waals surface area contributed by atoms with Gasteiger partial charge in [-0.05, 0) is 38.0 Å². The molecule has 0 bridgehead atoms. The molecule has 1 aliphatic carbocycles. The van der Waals surface area contributed by atoms with E-state index in [1.165, 1.54) is 32.1 Å². The third-order valence-corrected chi connectivity index (χ3v) is 3.44. The third-order valence-electron chi connectivity index (χ3n) is 3.44. The average Bonchev–Trinajstić information content (AvgIpc) is 2.35. The lowest BCUT2D eigenvalue weighted by atomic mass is 9.85. The van der Waals surface area contributed by atoms with Gasteiger partial charge in [0.25, 0.3) is 0 Å². The van der Waals surface area contributed by atoms with E-state index in [1.807, 2.05) is 6.92 Å². The highest BCUT2D eigenvalue weighted by molar-refractivity contribution is 4.95. The van der Waals surface area contributed by atoms with Gasteiger partial charge in [-0.1, -0.05) is 20.3 Å². The molecule has 1 rings (SSSR count). The number of hydrogen-bond acceptors (Lipinski definition) is 1. The monoisotopic (exact) mass is 207 g/mol. The van der Waals surface area contributed by atoms with Crippen LogP contribution in [0.3, 0.4) is 0 Å². The van der Waals surface area contributed by atoms with Gasteiger partial charge in [0.05, 0.1) is 0 Å². The molecule has 15 heavy (non-hydrogen) atoms. The van der Waals surface area contributed by atoms with Gasteiger partial charge in [-0.25, -0.2) is 0 Å². The van der Waals surface area contributed by atoms with E-state index in [1.54, 1.807) is 0 Å². The van der Waals surface area contributed by atoms with Crippen LogP contribution in [0.25, 0.3) is 0 Å². The Kier molecular flexibility index (Phi) is 5.19. The summed E-state index contributed by atoms with van der Waals surface area (Å²) < 4.78 is 0. The standard InChI is InChI=1S/C14H25N/c1-4-5-6-12-15-13-8-7-10-14(2,3)11-9-13/h13,15H,6-12H2,1-3H3. The molecule has 1 saturated carbocycles. The highest BCUT2D eigenvalue weighted by atomic mass is 14.9. The summed E-state index contributed by atoms with van der Waals surface area (Å²) in [7, 11) is 0. The van der Waals surface area contributed by atoms with Gasteiger partial charge in [-0.2, -0.15) is 0 Å². The van der Waals surface area contributed by atoms with Gasteiger partial charge in [-0.3, -0.25) is 0 Å². The fourth-order valence-corrected chi connectivity index (χ4v) is 2.33. The van der Waals surface area contributed by atoms with Gasteiger partial charge in [0.1, 0.15) is 0 Å². The van der Waals surface area contributed by atoms with Crippen molar-refractivity contribution >= 4 is 0 Å². The van der Waals surface area contributed by atoms with Crippen LogP contribution < -0.4 is 5.32 Å². The lowest BCUT2D eigenvalue weighted by Crippen LogP contribution is -2.29. The maximum Gasteiger partial charge on any atom is 0.0214 e. The van der Waals surface area contributed by atoms with Crippen LogP contribution in [0.1, 0.15) is 59.3 Å². The molecule has 86 valence electrons. The van der Waals surface area contributed by atoms with Crippen LogP contribution in [0.15, 0.2) is 0 Å². The summed E-state index contributed by atoms with van der Waals surface area (Å²) in [6, 6.07) is 0.741. The Hall–Kier alpha value is -0.480. The van der Waals surface area contributed by atoms with Gasteiger partial charge in [-0.15, -0.1) is 11.8 Å². The summed E-state index contributed by atoms with van der Waals surface area (Å²) >= 11 is 0. The van der Waals surface area contributed by atoms with Crippen LogP contribution in [0.5, 0.6) is 0 Å². The molecule has 1 unspecified atom stereocenters. The van der Waals surface area contributed by atoms with E-state index in [0.717, 1.165) is 19.0 Å². The normalized spacial score (nSPS) is 25.1. The van der Waals surface area contributed by atoms with Crippen LogP contribution in [-0.4, -0.2) is 12.6 Å². The van der Waals surface area contributed by atoms with Gasteiger partial charge >= 0.3 is 0 Å². The first-order valence-corrected chi connectivity index (χ1v) is 6.27. The van der Waals surface area contributed by atoms with Crippen molar-refractivity contribution in [2.45, 2.75) is 65.3 Å². The van der Waals surface area contributed by atoms with E-state index in [4.69, 9.17) is 0 Å². The predicted octanol–water partition coefficient (Wildman–Crippen LogP) is 3.35. The summed E-state index contributed by atoms with van der Waals surface area (Å²) in [5, 5.41) is 3.63. The largest absolute Gasteiger partial charge is 0.313 e. The minimum atomic E-state index is 0.569. The molecular weight excluding hydrogens is 182 g/mol. The maximum atomic E-state index is 3.63. The highest BCUT2D eigenvalue weighted by Crippen LogP contribution is 2.33. The summed E-state index contributed by atoms with van der Waals surface area (Å²) in [6.45, 7) is 7.77. The Morgan fingerprint density at radius 1 is 1.27 bits per heavy atom. The van der Waals surface area contributed by atoms with E-state index in [0.29, 0.717) is 5.41 Å². The first kappa shape index (κ1) is 12.6. The van der Waals surface area contributed by atoms with Crippen LogP contribution in [0.2, 0.25) is 0 Å². The average molecular weight is 207 g/mol. The second-order valence-corrected chi connectivity index (χ2v) is 5.42. The lowest BCUT2D eigenvalue weighted by molar-refractivity contribution is 0.310. The molecule has 1 aliphatic rings. The van der Waals surface area contributed by atoms with E-state index >= 15 is 0 Å². The Labute approximate surface area is 95.0 Å². The van der Waals surface area contributed by atoms with Crippen LogP contribution >= 0.6 is 0 Å². The molecule has 1 heteroatoms. The van der Waals surface area contributed by atoms with Crippen molar-refractivity contribution in [2.75, 3.05) is 6.54 Å². The minimum Gasteiger partial charge on any atom is -0.313 e. The van der Waals surface area contributed by atoms with E-state index in [9.17, 15) is 0 Å². The van der Waals surface area contributed by atoms with Gasteiger partial charge in [0.15, 0.2) is 0 Å². The second kappa shape index (κ2) is 6.18. The zero-order valence-corrected chi connectivity index (χ0v) is 10.5. The summed E-state index contributed by atoms with van der Waals surface area (Å²) in [5.74, 6) is 6.05. The predicted molar refractivity (Wildman–Crippen MR) is 66.7 cm³/mol. The van der Waals surface area contributed by atoms with Crippen molar-refractivity contribution in [1.82, 2.24) is 5.32 Å². The van der Waals surface area contributed by atoms with E-state index < -0.39 is 0 Å². The minimum absolute atomic E-state index is 0.569. The van der Waals surface area contributed by atoms with Crippen molar-refractivity contribution in [3.63, 3.8) is 0 Å². The van der Waals surface area contributed by atoms with E-state index in [-0.39, 0.29) is 0 Å². The fraction of sp³-hybridized carbons (Fsp3) is 0.857. The Morgan fingerprint density at radius 3 is 2.80 bits per heavy atom. The number of rotatable bonds is 3. The molecule has 0 saturated heterocycles. The molecule has 1 N–H and O–H groups in total. The van der Waals surface area contributed by atoms with Gasteiger partial charge in [0.2, 0.25) is 0 Å². The van der Waals surface area contributed by atoms with Crippen LogP contribution in [0.4, 0.5) is 0 Å². The SMILES string of the molecule is CC#CCCNC1CCCC(C)(C)CC1. The van der Waals surface area contributed by atoms with Gasteiger partial charge in [0, 0.05) is 19.0 Å². The lowest BCUT2D eigenvalue weighted by Gasteiger charge is -2.22. The topological polar surface area (TPSA) is 12.0 Å². The third kappa shape index (κ3) is 5.23. The second-order valence-electron chi connectivity index (χ2n) is 5.42. The van der Waals surface area contributed by atoms with Crippen molar-refractivity contribution in [1.29, 1.82) is 0 Å². The Morgan fingerprint density at radius 2 is 2.07 bits per heavy atom. The van der Waals surface area contributed by atoms with Crippen molar-refractivity contribution in [3.05, 3.63) is 0 Å². The molecule has 0 radical (unpaired) electrons. The number of hydrogen-bond donors (Lipinski definition) is 1. The van der Waals surface area contributed by atoms with E-state index in [2.05, 4.69) is 31.0 Å². The summed E-state index contributed by atoms with van der Waals surface area (Å²) in [4.78, 5) is 0. The van der Waals surface area contributed by atoms with Crippen LogP contribution in [0, 0.1) is 17.3 Å². The molecule has 1 nitrogen and oxygen atoms in total. The Bertz CT molecular complexity index is 231. The fourth-order valence-electron chi connectivity index (χ4n) is 2.33. The van der Waals surface area contributed by atoms with Crippen molar-refractivity contribution in [3.8, 4) is 11.8 Å². The molecule has 0 aromatic heterocycles. The molecular formula is C14H25N. The molecule has 0 aliphatic heterocycles. The zero-order chi connectivity index (χ0) is 11.1. The first-order chi connectivity index (χ1) is 7.14. The number of nitrogens with one attached hydrogen (secondary N) is 1. The quantitative estimate of drug-likeness (QED) is 0.425. The molecule has 1 atom stereocenters. The van der Waals surface area contributed by atoms with Crippen molar-refractivity contribution < 1.29 is 0 Å². The molecule has 0 aromatic rings. The molecule has 0 heterocycles. The van der Waals surface area contributed by atoms with Gasteiger partial charge < -0.3 is 5.32 Å². The zero-order valence-electron chi connectivity index (χ0n) is 10.5. The Balaban J connectivity index is 2.22. The van der Waals surface area contributed by atoms with Crippen molar-refractivity contribution in [2.24, 2.45) is 5.41 Å². The molecule has 0 amide bonds. The summed E-state index contributed by atoms with van der Waals surface area (Å²) in [6.07, 6.45) is 7.82. The first-order valence-electron chi connectivity index (χ1n) is 6.27.